The molecule has 0 heterocycles. The van der Waals surface area contributed by atoms with E-state index in [-0.39, 0.29) is 0 Å². The van der Waals surface area contributed by atoms with E-state index in [0.29, 0.717) is 0 Å². The van der Waals surface area contributed by atoms with Gasteiger partial charge in [-0.05, 0) is 28.6 Å². The number of rotatable bonds is 2. The molecule has 0 amide bonds. The zero-order chi connectivity index (χ0) is 5.86. The number of carbonyl (C=O) groups excluding carboxylic acids is 1. The number of carboxylic acid groups (broad SMARTS) is 1. The SMILES string of the molecule is CC(SCl)C(=O)[O-]. The molecule has 0 aromatic heterocycles. The Hall–Kier alpha value is 0.110. The summed E-state index contributed by atoms with van der Waals surface area (Å²) in [6, 6.07) is 0. The van der Waals surface area contributed by atoms with E-state index in [1.165, 1.54) is 6.92 Å². The van der Waals surface area contributed by atoms with Gasteiger partial charge in [0.2, 0.25) is 0 Å². The van der Waals surface area contributed by atoms with Crippen molar-refractivity contribution in [2.75, 3.05) is 0 Å². The minimum absolute atomic E-state index is 0.610. The highest BCUT2D eigenvalue weighted by molar-refractivity contribution is 8.22. The van der Waals surface area contributed by atoms with E-state index in [2.05, 4.69) is 0 Å². The third kappa shape index (κ3) is 2.76. The van der Waals surface area contributed by atoms with Crippen LogP contribution in [0.25, 0.3) is 0 Å². The Morgan fingerprint density at radius 1 is 2.00 bits per heavy atom. The lowest BCUT2D eigenvalue weighted by Gasteiger charge is -2.04. The fourth-order valence-electron chi connectivity index (χ4n) is 0.0364. The second kappa shape index (κ2) is 3.16. The van der Waals surface area contributed by atoms with E-state index in [4.69, 9.17) is 10.7 Å². The summed E-state index contributed by atoms with van der Waals surface area (Å²) in [6.45, 7) is 1.47. The van der Waals surface area contributed by atoms with Gasteiger partial charge in [0.15, 0.2) is 0 Å². The van der Waals surface area contributed by atoms with Crippen LogP contribution in [0.5, 0.6) is 0 Å². The maximum atomic E-state index is 9.71. The normalized spacial score (nSPS) is 13.4. The van der Waals surface area contributed by atoms with Crippen LogP contribution in [0.1, 0.15) is 6.92 Å². The zero-order valence-electron chi connectivity index (χ0n) is 3.68. The smallest absolute Gasteiger partial charge is 0.0567 e. The molecule has 0 saturated carbocycles. The minimum Gasteiger partial charge on any atom is -0.549 e. The Bertz CT molecular complexity index is 75.3. The van der Waals surface area contributed by atoms with E-state index in [9.17, 15) is 9.90 Å². The molecule has 0 N–H and O–H groups in total. The van der Waals surface area contributed by atoms with Gasteiger partial charge in [-0.2, -0.15) is 0 Å². The van der Waals surface area contributed by atoms with E-state index in [0.717, 1.165) is 11.0 Å². The molecule has 1 atom stereocenters. The van der Waals surface area contributed by atoms with Gasteiger partial charge in [0.05, 0.1) is 11.2 Å². The third-order valence-corrected chi connectivity index (χ3v) is 1.73. The first-order valence-corrected chi connectivity index (χ1v) is 3.37. The van der Waals surface area contributed by atoms with Gasteiger partial charge in [-0.3, -0.25) is 0 Å². The Kier molecular flexibility index (Phi) is 3.21. The van der Waals surface area contributed by atoms with Gasteiger partial charge in [0.1, 0.15) is 0 Å². The molecule has 42 valence electrons. The number of halogens is 1. The van der Waals surface area contributed by atoms with Crippen molar-refractivity contribution in [1.29, 1.82) is 0 Å². The van der Waals surface area contributed by atoms with Crippen LogP contribution >= 0.6 is 21.7 Å². The van der Waals surface area contributed by atoms with Gasteiger partial charge in [-0.1, -0.05) is 0 Å². The molecule has 0 aliphatic heterocycles. The number of hydrogen-bond acceptors (Lipinski definition) is 3. The topological polar surface area (TPSA) is 40.1 Å². The molecule has 0 bridgehead atoms. The van der Waals surface area contributed by atoms with Gasteiger partial charge in [0.25, 0.3) is 0 Å². The Morgan fingerprint density at radius 3 is 2.43 bits per heavy atom. The monoisotopic (exact) mass is 139 g/mol. The van der Waals surface area contributed by atoms with E-state index in [1.54, 1.807) is 0 Å². The average molecular weight is 140 g/mol. The fourth-order valence-corrected chi connectivity index (χ4v) is 0.327. The van der Waals surface area contributed by atoms with Gasteiger partial charge in [-0.25, -0.2) is 0 Å². The second-order valence-corrected chi connectivity index (χ2v) is 2.47. The molecule has 0 fully saturated rings. The summed E-state index contributed by atoms with van der Waals surface area (Å²) in [4.78, 5) is 9.71. The minimum atomic E-state index is -1.12. The molecule has 2 nitrogen and oxygen atoms in total. The molecule has 0 aliphatic rings. The van der Waals surface area contributed by atoms with Gasteiger partial charge >= 0.3 is 0 Å². The summed E-state index contributed by atoms with van der Waals surface area (Å²) in [5.74, 6) is -1.12. The van der Waals surface area contributed by atoms with Crippen LogP contribution in [0.15, 0.2) is 0 Å². The highest BCUT2D eigenvalue weighted by atomic mass is 35.7. The van der Waals surface area contributed by atoms with Crippen LogP contribution < -0.4 is 5.11 Å². The van der Waals surface area contributed by atoms with Crippen LogP contribution in [0, 0.1) is 0 Å². The molecular formula is C3H4ClO2S-. The van der Waals surface area contributed by atoms with Crippen molar-refractivity contribution in [3.05, 3.63) is 0 Å². The first-order chi connectivity index (χ1) is 3.18. The second-order valence-electron chi connectivity index (χ2n) is 1.05. The van der Waals surface area contributed by atoms with Crippen molar-refractivity contribution in [3.8, 4) is 0 Å². The summed E-state index contributed by atoms with van der Waals surface area (Å²) in [7, 11) is 5.79. The van der Waals surface area contributed by atoms with Crippen LogP contribution in [-0.4, -0.2) is 11.2 Å². The molecule has 0 aromatic rings. The van der Waals surface area contributed by atoms with Gasteiger partial charge in [0, 0.05) is 0 Å². The first kappa shape index (κ1) is 7.11. The molecule has 0 aliphatic carbocycles. The third-order valence-electron chi connectivity index (χ3n) is 0.466. The lowest BCUT2D eigenvalue weighted by molar-refractivity contribution is -0.304. The van der Waals surface area contributed by atoms with Crippen molar-refractivity contribution in [2.24, 2.45) is 0 Å². The van der Waals surface area contributed by atoms with Crippen molar-refractivity contribution in [2.45, 2.75) is 12.2 Å². The number of carbonyl (C=O) groups is 1. The molecule has 0 rings (SSSR count). The number of hydrogen-bond donors (Lipinski definition) is 0. The largest absolute Gasteiger partial charge is 0.549 e. The van der Waals surface area contributed by atoms with E-state index < -0.39 is 11.2 Å². The quantitative estimate of drug-likeness (QED) is 0.541. The van der Waals surface area contributed by atoms with Gasteiger partial charge < -0.3 is 9.90 Å². The molecule has 1 unspecified atom stereocenters. The molecule has 0 radical (unpaired) electrons. The van der Waals surface area contributed by atoms with Crippen molar-refractivity contribution >= 4 is 27.6 Å². The average Bonchev–Trinajstić information content (AvgIpc) is 1.65. The highest BCUT2D eigenvalue weighted by Crippen LogP contribution is 2.12. The Morgan fingerprint density at radius 2 is 2.43 bits per heavy atom. The van der Waals surface area contributed by atoms with Crippen LogP contribution in [-0.2, 0) is 4.79 Å². The van der Waals surface area contributed by atoms with E-state index >= 15 is 0 Å². The maximum Gasteiger partial charge on any atom is 0.0567 e. The van der Waals surface area contributed by atoms with Crippen molar-refractivity contribution < 1.29 is 9.90 Å². The van der Waals surface area contributed by atoms with Gasteiger partial charge in [-0.15, -0.1) is 0 Å². The summed E-state index contributed by atoms with van der Waals surface area (Å²) in [5.41, 5.74) is 0. The predicted octanol–water partition coefficient (Wildman–Crippen LogP) is 0.0118. The van der Waals surface area contributed by atoms with Crippen LogP contribution in [0.4, 0.5) is 0 Å². The molecular weight excluding hydrogens is 136 g/mol. The summed E-state index contributed by atoms with van der Waals surface area (Å²) < 4.78 is 0. The standard InChI is InChI=1S/C3H5ClO2S/c1-2(7-4)3(5)6/h2H,1H3,(H,5,6)/p-1. The molecule has 7 heavy (non-hydrogen) atoms. The fraction of sp³-hybridized carbons (Fsp3) is 0.667. The van der Waals surface area contributed by atoms with E-state index in [1.807, 2.05) is 0 Å². The number of aliphatic carboxylic acids is 1. The first-order valence-electron chi connectivity index (χ1n) is 1.66. The number of carboxylic acids is 1. The van der Waals surface area contributed by atoms with Crippen LogP contribution in [0.3, 0.4) is 0 Å². The Balaban J connectivity index is 3.34. The highest BCUT2D eigenvalue weighted by Gasteiger charge is 1.97. The lowest BCUT2D eigenvalue weighted by atomic mass is 10.5. The molecule has 0 spiro atoms. The van der Waals surface area contributed by atoms with Crippen molar-refractivity contribution in [3.63, 3.8) is 0 Å². The summed E-state index contributed by atoms with van der Waals surface area (Å²) in [5, 5.41) is 9.10. The molecule has 0 saturated heterocycles. The zero-order valence-corrected chi connectivity index (χ0v) is 5.25. The van der Waals surface area contributed by atoms with Crippen molar-refractivity contribution in [1.82, 2.24) is 0 Å². The summed E-state index contributed by atoms with van der Waals surface area (Å²) in [6.07, 6.45) is 0. The molecule has 0 aromatic carbocycles. The lowest BCUT2D eigenvalue weighted by Crippen LogP contribution is -2.30. The Labute approximate surface area is 50.4 Å². The summed E-state index contributed by atoms with van der Waals surface area (Å²) >= 11 is 0. The maximum absolute atomic E-state index is 9.71. The van der Waals surface area contributed by atoms with Crippen LogP contribution in [0.2, 0.25) is 0 Å². The predicted molar refractivity (Wildman–Crippen MR) is 27.9 cm³/mol. The molecule has 4 heteroatoms.